The second-order valence-electron chi connectivity index (χ2n) is 8.61. The average Bonchev–Trinajstić information content (AvgIpc) is 2.94. The van der Waals surface area contributed by atoms with Crippen LogP contribution in [0.4, 0.5) is 5.69 Å². The third-order valence-corrected chi connectivity index (χ3v) is 7.05. The number of aryl methyl sites for hydroxylation is 1. The maximum atomic E-state index is 12.8. The van der Waals surface area contributed by atoms with Crippen LogP contribution >= 0.6 is 11.8 Å². The summed E-state index contributed by atoms with van der Waals surface area (Å²) in [5.74, 6) is 2.19. The fourth-order valence-corrected chi connectivity index (χ4v) is 5.08. The summed E-state index contributed by atoms with van der Waals surface area (Å²) < 4.78 is 17.0. The van der Waals surface area contributed by atoms with Gasteiger partial charge in [-0.25, -0.2) is 0 Å². The zero-order chi connectivity index (χ0) is 27.5. The Labute approximate surface area is 231 Å². The smallest absolute Gasteiger partial charge is 0.319 e. The molecule has 0 saturated carbocycles. The number of thioether (sulfide) groups is 1. The van der Waals surface area contributed by atoms with Crippen LogP contribution in [0.25, 0.3) is 0 Å². The molecule has 0 saturated heterocycles. The molecule has 200 valence electrons. The van der Waals surface area contributed by atoms with Gasteiger partial charge in [-0.2, -0.15) is 0 Å². The monoisotopic (exact) mass is 543 g/mol. The van der Waals surface area contributed by atoms with E-state index in [-0.39, 0.29) is 12.3 Å². The van der Waals surface area contributed by atoms with Gasteiger partial charge in [0, 0.05) is 12.1 Å². The Bertz CT molecular complexity index is 1360. The summed E-state index contributed by atoms with van der Waals surface area (Å²) in [6.07, 6.45) is 1.93. The van der Waals surface area contributed by atoms with E-state index < -0.39 is 16.1 Å². The van der Waals surface area contributed by atoms with E-state index in [0.717, 1.165) is 35.2 Å². The first-order valence-electron chi connectivity index (χ1n) is 12.7. The van der Waals surface area contributed by atoms with E-state index in [9.17, 15) is 14.9 Å². The molecule has 0 unspecified atom stereocenters. The molecule has 7 nitrogen and oxygen atoms in total. The molecule has 0 aliphatic heterocycles. The minimum Gasteiger partial charge on any atom is -0.465 e. The first-order chi connectivity index (χ1) is 19.0. The third kappa shape index (κ3) is 8.35. The van der Waals surface area contributed by atoms with Crippen molar-refractivity contribution in [2.75, 3.05) is 6.61 Å². The molecule has 8 heteroatoms. The summed E-state index contributed by atoms with van der Waals surface area (Å²) in [7, 11) is 0. The first kappa shape index (κ1) is 27.7. The maximum Gasteiger partial charge on any atom is 0.319 e. The van der Waals surface area contributed by atoms with Crippen LogP contribution < -0.4 is 9.47 Å². The van der Waals surface area contributed by atoms with Gasteiger partial charge in [-0.3, -0.25) is 14.9 Å². The molecule has 4 aromatic carbocycles. The molecule has 0 radical (unpaired) electrons. The molecule has 0 N–H and O–H groups in total. The van der Waals surface area contributed by atoms with Crippen LogP contribution in [0.3, 0.4) is 0 Å². The minimum absolute atomic E-state index is 0.0799. The van der Waals surface area contributed by atoms with Gasteiger partial charge in [0.25, 0.3) is 5.69 Å². The molecular formula is C31H29NO6S. The van der Waals surface area contributed by atoms with E-state index in [4.69, 9.17) is 14.2 Å². The molecule has 0 aromatic heterocycles. The lowest BCUT2D eigenvalue weighted by atomic mass is 10.1. The molecule has 0 heterocycles. The largest absolute Gasteiger partial charge is 0.465 e. The van der Waals surface area contributed by atoms with Crippen LogP contribution in [0.1, 0.15) is 25.3 Å². The van der Waals surface area contributed by atoms with Crippen molar-refractivity contribution in [1.82, 2.24) is 0 Å². The molecule has 4 rings (SSSR count). The summed E-state index contributed by atoms with van der Waals surface area (Å²) >= 11 is 1.14. The van der Waals surface area contributed by atoms with Gasteiger partial charge < -0.3 is 14.2 Å². The molecule has 0 fully saturated rings. The first-order valence-corrected chi connectivity index (χ1v) is 13.6. The van der Waals surface area contributed by atoms with Crippen molar-refractivity contribution < 1.29 is 23.9 Å². The van der Waals surface area contributed by atoms with Crippen molar-refractivity contribution >= 4 is 23.4 Å². The summed E-state index contributed by atoms with van der Waals surface area (Å²) in [5.41, 5.74) is 1.02. The number of rotatable bonds is 13. The fraction of sp³-hybridized carbons (Fsp3) is 0.194. The molecular weight excluding hydrogens is 514 g/mol. The number of carbonyl (C=O) groups is 1. The lowest BCUT2D eigenvalue weighted by molar-refractivity contribution is -0.387. The summed E-state index contributed by atoms with van der Waals surface area (Å²) in [6, 6.07) is 31.1. The van der Waals surface area contributed by atoms with Crippen LogP contribution in [0.2, 0.25) is 0 Å². The SMILES string of the molecule is CCOC(=O)[C@H](CCCc1ccc(Oc2ccccc2)cc1)Sc1cc(Oc2ccccc2)ccc1[N+](=O)[O-]. The number of nitrogens with zero attached hydrogens (tertiary/aromatic N) is 1. The van der Waals surface area contributed by atoms with E-state index in [1.54, 1.807) is 31.2 Å². The Kier molecular flexibility index (Phi) is 9.97. The number of benzene rings is 4. The number of nitro groups is 1. The van der Waals surface area contributed by atoms with E-state index in [2.05, 4.69) is 0 Å². The van der Waals surface area contributed by atoms with E-state index in [1.165, 1.54) is 6.07 Å². The highest BCUT2D eigenvalue weighted by Crippen LogP contribution is 2.38. The van der Waals surface area contributed by atoms with Gasteiger partial charge >= 0.3 is 5.97 Å². The predicted molar refractivity (Wildman–Crippen MR) is 152 cm³/mol. The van der Waals surface area contributed by atoms with Crippen LogP contribution in [-0.2, 0) is 16.0 Å². The van der Waals surface area contributed by atoms with Crippen molar-refractivity contribution in [2.24, 2.45) is 0 Å². The zero-order valence-corrected chi connectivity index (χ0v) is 22.3. The van der Waals surface area contributed by atoms with Crippen molar-refractivity contribution in [2.45, 2.75) is 36.3 Å². The number of esters is 1. The van der Waals surface area contributed by atoms with Gasteiger partial charge in [0.15, 0.2) is 0 Å². The number of nitro benzene ring substituents is 1. The Morgan fingerprint density at radius 2 is 1.38 bits per heavy atom. The van der Waals surface area contributed by atoms with E-state index in [1.807, 2.05) is 72.8 Å². The number of ether oxygens (including phenoxy) is 3. The van der Waals surface area contributed by atoms with Gasteiger partial charge in [-0.1, -0.05) is 48.5 Å². The van der Waals surface area contributed by atoms with Gasteiger partial charge in [-0.15, -0.1) is 11.8 Å². The standard InChI is InChI=1S/C31H29NO6S/c1-2-36-31(33)29(15-9-10-23-16-18-26(19-17-23)37-24-11-5-3-6-12-24)39-30-22-27(20-21-28(30)32(34)35)38-25-13-7-4-8-14-25/h3-8,11-14,16-22,29H,2,9-10,15H2,1H3/t29-/m0/s1. The van der Waals surface area contributed by atoms with Gasteiger partial charge in [0.1, 0.15) is 28.2 Å². The topological polar surface area (TPSA) is 87.9 Å². The van der Waals surface area contributed by atoms with Gasteiger partial charge in [0.05, 0.1) is 16.4 Å². The number of hydrogen-bond donors (Lipinski definition) is 0. The number of hydrogen-bond acceptors (Lipinski definition) is 7. The highest BCUT2D eigenvalue weighted by Gasteiger charge is 2.26. The van der Waals surface area contributed by atoms with Gasteiger partial charge in [0.2, 0.25) is 0 Å². The predicted octanol–water partition coefficient (Wildman–Crippen LogP) is 8.23. The quantitative estimate of drug-likeness (QED) is 0.0726. The lowest BCUT2D eigenvalue weighted by Crippen LogP contribution is -2.20. The third-order valence-electron chi connectivity index (χ3n) is 5.76. The summed E-state index contributed by atoms with van der Waals surface area (Å²) in [6.45, 7) is 1.98. The van der Waals surface area contributed by atoms with Crippen LogP contribution in [0, 0.1) is 10.1 Å². The Morgan fingerprint density at radius 3 is 1.97 bits per heavy atom. The number of para-hydroxylation sites is 2. The highest BCUT2D eigenvalue weighted by atomic mass is 32.2. The molecule has 39 heavy (non-hydrogen) atoms. The van der Waals surface area contributed by atoms with Crippen molar-refractivity contribution in [3.8, 4) is 23.0 Å². The highest BCUT2D eigenvalue weighted by molar-refractivity contribution is 8.00. The average molecular weight is 544 g/mol. The molecule has 0 spiro atoms. The minimum atomic E-state index is -0.601. The van der Waals surface area contributed by atoms with Crippen LogP contribution in [0.5, 0.6) is 23.0 Å². The van der Waals surface area contributed by atoms with Crippen LogP contribution in [0.15, 0.2) is 108 Å². The van der Waals surface area contributed by atoms with Crippen LogP contribution in [-0.4, -0.2) is 22.7 Å². The normalized spacial score (nSPS) is 11.4. The lowest BCUT2D eigenvalue weighted by Gasteiger charge is -2.16. The maximum absolute atomic E-state index is 12.8. The molecule has 1 atom stereocenters. The second-order valence-corrected chi connectivity index (χ2v) is 9.86. The number of carbonyl (C=O) groups excluding carboxylic acids is 1. The molecule has 0 aliphatic carbocycles. The summed E-state index contributed by atoms with van der Waals surface area (Å²) in [4.78, 5) is 24.4. The summed E-state index contributed by atoms with van der Waals surface area (Å²) in [5, 5.41) is 11.1. The Hall–Kier alpha value is -4.30. The second kappa shape index (κ2) is 14.0. The van der Waals surface area contributed by atoms with Crippen molar-refractivity contribution in [3.63, 3.8) is 0 Å². The molecule has 0 aliphatic rings. The van der Waals surface area contributed by atoms with Crippen molar-refractivity contribution in [3.05, 3.63) is 119 Å². The molecule has 0 amide bonds. The molecule has 4 aromatic rings. The zero-order valence-electron chi connectivity index (χ0n) is 21.5. The fourth-order valence-electron chi connectivity index (χ4n) is 3.88. The van der Waals surface area contributed by atoms with E-state index >= 15 is 0 Å². The van der Waals surface area contributed by atoms with Crippen molar-refractivity contribution in [1.29, 1.82) is 0 Å². The Balaban J connectivity index is 1.42. The molecule has 0 bridgehead atoms. The van der Waals surface area contributed by atoms with E-state index in [0.29, 0.717) is 29.2 Å². The van der Waals surface area contributed by atoms with Gasteiger partial charge in [-0.05, 0) is 74.2 Å². The Morgan fingerprint density at radius 1 is 0.821 bits per heavy atom.